The number of hydrogen-bond acceptors (Lipinski definition) is 4. The zero-order valence-electron chi connectivity index (χ0n) is 12.2. The van der Waals surface area contributed by atoms with Crippen molar-refractivity contribution in [2.75, 3.05) is 0 Å². The monoisotopic (exact) mass is 304 g/mol. The molecule has 8 heteroatoms. The first-order chi connectivity index (χ1) is 10.4. The standard InChI is InChI=1S/C14H13FN4O3/c1-17-10-11(18(2)14(21)19(3)12(10)20)16-13(17)22-9-6-4-8(15)5-7-9/h4-7H,1-3H3. The zero-order valence-corrected chi connectivity index (χ0v) is 12.2. The van der Waals surface area contributed by atoms with E-state index in [1.807, 2.05) is 0 Å². The maximum absolute atomic E-state index is 12.9. The molecule has 1 aromatic carbocycles. The van der Waals surface area contributed by atoms with Crippen LogP contribution in [0.4, 0.5) is 4.39 Å². The lowest BCUT2D eigenvalue weighted by molar-refractivity contribution is 0.426. The molecule has 114 valence electrons. The van der Waals surface area contributed by atoms with Crippen LogP contribution in [-0.2, 0) is 21.1 Å². The normalized spacial score (nSPS) is 11.1. The highest BCUT2D eigenvalue weighted by Gasteiger charge is 2.18. The molecule has 3 aromatic rings. The van der Waals surface area contributed by atoms with Crippen molar-refractivity contribution in [1.29, 1.82) is 0 Å². The quantitative estimate of drug-likeness (QED) is 0.705. The molecule has 0 fully saturated rings. The second-order valence-electron chi connectivity index (χ2n) is 4.89. The number of fused-ring (bicyclic) bond motifs is 1. The van der Waals surface area contributed by atoms with E-state index in [1.165, 1.54) is 47.5 Å². The molecule has 7 nitrogen and oxygen atoms in total. The number of nitrogens with zero attached hydrogens (tertiary/aromatic N) is 4. The number of aromatic nitrogens is 4. The van der Waals surface area contributed by atoms with Crippen LogP contribution in [0.5, 0.6) is 11.8 Å². The summed E-state index contributed by atoms with van der Waals surface area (Å²) in [6, 6.07) is 5.55. The van der Waals surface area contributed by atoms with Gasteiger partial charge in [-0.3, -0.25) is 18.5 Å². The molecule has 0 aliphatic rings. The van der Waals surface area contributed by atoms with E-state index in [0.717, 1.165) is 4.57 Å². The molecule has 2 heterocycles. The van der Waals surface area contributed by atoms with Gasteiger partial charge in [-0.05, 0) is 24.3 Å². The molecule has 0 radical (unpaired) electrons. The van der Waals surface area contributed by atoms with Gasteiger partial charge in [0, 0.05) is 21.1 Å². The summed E-state index contributed by atoms with van der Waals surface area (Å²) in [4.78, 5) is 28.3. The van der Waals surface area contributed by atoms with Crippen molar-refractivity contribution in [2.45, 2.75) is 0 Å². The van der Waals surface area contributed by atoms with Gasteiger partial charge in [-0.1, -0.05) is 0 Å². The molecule has 0 N–H and O–H groups in total. The Balaban J connectivity index is 2.20. The topological polar surface area (TPSA) is 71.1 Å². The van der Waals surface area contributed by atoms with Crippen LogP contribution in [0.25, 0.3) is 11.2 Å². The van der Waals surface area contributed by atoms with E-state index in [4.69, 9.17) is 4.74 Å². The molecule has 0 bridgehead atoms. The van der Waals surface area contributed by atoms with Gasteiger partial charge >= 0.3 is 11.7 Å². The molecule has 0 unspecified atom stereocenters. The third-order valence-electron chi connectivity index (χ3n) is 3.46. The Morgan fingerprint density at radius 1 is 1.00 bits per heavy atom. The summed E-state index contributed by atoms with van der Waals surface area (Å²) in [5.74, 6) is -0.00440. The lowest BCUT2D eigenvalue weighted by Gasteiger charge is -2.04. The first kappa shape index (κ1) is 14.1. The molecule has 0 aliphatic carbocycles. The third kappa shape index (κ3) is 2.00. The molecular formula is C14H13FN4O3. The highest BCUT2D eigenvalue weighted by molar-refractivity contribution is 5.71. The Labute approximate surface area is 123 Å². The number of ether oxygens (including phenoxy) is 1. The van der Waals surface area contributed by atoms with E-state index in [2.05, 4.69) is 4.98 Å². The van der Waals surface area contributed by atoms with E-state index in [0.29, 0.717) is 5.75 Å². The predicted molar refractivity (Wildman–Crippen MR) is 77.7 cm³/mol. The fourth-order valence-electron chi connectivity index (χ4n) is 2.20. The average molecular weight is 304 g/mol. The summed E-state index contributed by atoms with van der Waals surface area (Å²) in [6.45, 7) is 0. The SMILES string of the molecule is Cn1c(=O)c2c(nc(Oc3ccc(F)cc3)n2C)n(C)c1=O. The Morgan fingerprint density at radius 3 is 2.27 bits per heavy atom. The summed E-state index contributed by atoms with van der Waals surface area (Å²) in [5.41, 5.74) is -0.444. The van der Waals surface area contributed by atoms with Gasteiger partial charge in [-0.25, -0.2) is 9.18 Å². The minimum absolute atomic E-state index is 0.139. The Morgan fingerprint density at radius 2 is 1.64 bits per heavy atom. The number of halogens is 1. The molecular weight excluding hydrogens is 291 g/mol. The number of benzene rings is 1. The number of aryl methyl sites for hydroxylation is 2. The fourth-order valence-corrected chi connectivity index (χ4v) is 2.20. The van der Waals surface area contributed by atoms with Gasteiger partial charge < -0.3 is 4.74 Å². The maximum atomic E-state index is 12.9. The number of rotatable bonds is 2. The summed E-state index contributed by atoms with van der Waals surface area (Å²) < 4.78 is 22.2. The number of imidazole rings is 1. The van der Waals surface area contributed by atoms with E-state index in [9.17, 15) is 14.0 Å². The number of hydrogen-bond donors (Lipinski definition) is 0. The van der Waals surface area contributed by atoms with Gasteiger partial charge in [-0.15, -0.1) is 0 Å². The molecule has 2 aromatic heterocycles. The van der Waals surface area contributed by atoms with Gasteiger partial charge in [0.15, 0.2) is 11.2 Å². The Kier molecular flexibility index (Phi) is 3.09. The minimum Gasteiger partial charge on any atom is -0.425 e. The van der Waals surface area contributed by atoms with E-state index in [-0.39, 0.29) is 23.0 Å². The largest absolute Gasteiger partial charge is 0.425 e. The van der Waals surface area contributed by atoms with Crippen LogP contribution in [0.3, 0.4) is 0 Å². The molecule has 0 amide bonds. The van der Waals surface area contributed by atoms with Crippen LogP contribution in [0, 0.1) is 5.82 Å². The second-order valence-corrected chi connectivity index (χ2v) is 4.89. The van der Waals surface area contributed by atoms with Crippen LogP contribution < -0.4 is 16.0 Å². The molecule has 22 heavy (non-hydrogen) atoms. The summed E-state index contributed by atoms with van der Waals surface area (Å²) in [7, 11) is 4.54. The van der Waals surface area contributed by atoms with Crippen molar-refractivity contribution in [3.05, 3.63) is 50.9 Å². The van der Waals surface area contributed by atoms with E-state index in [1.54, 1.807) is 7.05 Å². The predicted octanol–water partition coefficient (Wildman–Crippen LogP) is 0.902. The van der Waals surface area contributed by atoms with Crippen molar-refractivity contribution in [2.24, 2.45) is 21.1 Å². The smallest absolute Gasteiger partial charge is 0.332 e. The van der Waals surface area contributed by atoms with Gasteiger partial charge in [0.25, 0.3) is 5.56 Å². The summed E-state index contributed by atoms with van der Waals surface area (Å²) >= 11 is 0. The van der Waals surface area contributed by atoms with Crippen molar-refractivity contribution < 1.29 is 9.13 Å². The first-order valence-electron chi connectivity index (χ1n) is 6.46. The van der Waals surface area contributed by atoms with Crippen molar-refractivity contribution in [3.8, 4) is 11.8 Å². The Bertz CT molecular complexity index is 982. The van der Waals surface area contributed by atoms with Gasteiger partial charge in [0.05, 0.1) is 0 Å². The highest BCUT2D eigenvalue weighted by atomic mass is 19.1. The third-order valence-corrected chi connectivity index (χ3v) is 3.46. The lowest BCUT2D eigenvalue weighted by Crippen LogP contribution is -2.37. The lowest BCUT2D eigenvalue weighted by atomic mass is 10.3. The van der Waals surface area contributed by atoms with Gasteiger partial charge in [0.1, 0.15) is 11.6 Å². The van der Waals surface area contributed by atoms with Crippen molar-refractivity contribution >= 4 is 11.2 Å². The minimum atomic E-state index is -0.469. The highest BCUT2D eigenvalue weighted by Crippen LogP contribution is 2.22. The van der Waals surface area contributed by atoms with Crippen LogP contribution in [-0.4, -0.2) is 18.7 Å². The van der Waals surface area contributed by atoms with Crippen molar-refractivity contribution in [3.63, 3.8) is 0 Å². The molecule has 3 rings (SSSR count). The van der Waals surface area contributed by atoms with Gasteiger partial charge in [0.2, 0.25) is 0 Å². The summed E-state index contributed by atoms with van der Waals surface area (Å²) in [6.07, 6.45) is 0. The molecule has 0 saturated heterocycles. The molecule has 0 aliphatic heterocycles. The van der Waals surface area contributed by atoms with Crippen LogP contribution in [0.2, 0.25) is 0 Å². The second kappa shape index (κ2) is 4.83. The van der Waals surface area contributed by atoms with Crippen LogP contribution >= 0.6 is 0 Å². The molecule has 0 saturated carbocycles. The first-order valence-corrected chi connectivity index (χ1v) is 6.46. The summed E-state index contributed by atoms with van der Waals surface area (Å²) in [5, 5.41) is 0. The molecule has 0 atom stereocenters. The maximum Gasteiger partial charge on any atom is 0.332 e. The fraction of sp³-hybridized carbons (Fsp3) is 0.214. The van der Waals surface area contributed by atoms with E-state index >= 15 is 0 Å². The van der Waals surface area contributed by atoms with Gasteiger partial charge in [-0.2, -0.15) is 4.98 Å². The molecule has 0 spiro atoms. The van der Waals surface area contributed by atoms with E-state index < -0.39 is 11.2 Å². The zero-order chi connectivity index (χ0) is 16.0. The van der Waals surface area contributed by atoms with Crippen LogP contribution in [0.15, 0.2) is 33.9 Å². The van der Waals surface area contributed by atoms with Crippen LogP contribution in [0.1, 0.15) is 0 Å². The Hall–Kier alpha value is -2.90. The van der Waals surface area contributed by atoms with Crippen molar-refractivity contribution in [1.82, 2.24) is 18.7 Å². The average Bonchev–Trinajstić information content (AvgIpc) is 2.82.